The van der Waals surface area contributed by atoms with Crippen molar-refractivity contribution in [2.45, 2.75) is 0 Å². The van der Waals surface area contributed by atoms with Gasteiger partial charge in [-0.25, -0.2) is 0 Å². The van der Waals surface area contributed by atoms with Crippen LogP contribution in [0.15, 0.2) is 69.9 Å². The lowest BCUT2D eigenvalue weighted by atomic mass is 9.96. The van der Waals surface area contributed by atoms with Crippen molar-refractivity contribution in [2.24, 2.45) is 0 Å². The van der Waals surface area contributed by atoms with Gasteiger partial charge in [-0.05, 0) is 80.6 Å². The molecule has 2 aromatic rings. The lowest BCUT2D eigenvalue weighted by Gasteiger charge is -2.14. The molecule has 0 saturated heterocycles. The van der Waals surface area contributed by atoms with Crippen LogP contribution >= 0.6 is 45.2 Å². The molecule has 1 heterocycles. The number of fused-ring (bicyclic) bond motifs is 2. The summed E-state index contributed by atoms with van der Waals surface area (Å²) in [6.45, 7) is 0. The molecule has 112 valence electrons. The Bertz CT molecular complexity index is 1070. The SMILES string of the molecule is O=c1cc2oc3ccccc3cc-2c(-c2cccc(I)c2I)c1. The summed E-state index contributed by atoms with van der Waals surface area (Å²) in [5.41, 5.74) is 3.69. The third-order valence-electron chi connectivity index (χ3n) is 3.80. The Morgan fingerprint density at radius 1 is 0.783 bits per heavy atom. The zero-order valence-electron chi connectivity index (χ0n) is 11.8. The quantitative estimate of drug-likeness (QED) is 0.234. The summed E-state index contributed by atoms with van der Waals surface area (Å²) in [7, 11) is 0. The molecule has 0 radical (unpaired) electrons. The maximum atomic E-state index is 12.1. The molecule has 23 heavy (non-hydrogen) atoms. The van der Waals surface area contributed by atoms with E-state index >= 15 is 0 Å². The van der Waals surface area contributed by atoms with Crippen molar-refractivity contribution in [1.82, 2.24) is 0 Å². The fourth-order valence-corrected chi connectivity index (χ4v) is 3.88. The van der Waals surface area contributed by atoms with Gasteiger partial charge in [0.15, 0.2) is 5.43 Å². The molecule has 1 aliphatic heterocycles. The molecule has 0 saturated carbocycles. The van der Waals surface area contributed by atoms with E-state index in [1.165, 1.54) is 3.57 Å². The lowest BCUT2D eigenvalue weighted by Crippen LogP contribution is -2.02. The highest BCUT2D eigenvalue weighted by atomic mass is 127. The summed E-state index contributed by atoms with van der Waals surface area (Å²) in [6.07, 6.45) is 0. The average Bonchev–Trinajstić information content (AvgIpc) is 2.55. The summed E-state index contributed by atoms with van der Waals surface area (Å²) in [5.74, 6) is 0.626. The third-order valence-corrected chi connectivity index (χ3v) is 6.89. The summed E-state index contributed by atoms with van der Waals surface area (Å²) in [5, 5.41) is 1.03. The van der Waals surface area contributed by atoms with E-state index in [9.17, 15) is 4.79 Å². The highest BCUT2D eigenvalue weighted by molar-refractivity contribution is 14.1. The van der Waals surface area contributed by atoms with Gasteiger partial charge in [0.1, 0.15) is 11.3 Å². The van der Waals surface area contributed by atoms with E-state index in [2.05, 4.69) is 57.3 Å². The molecule has 4 heteroatoms. The van der Waals surface area contributed by atoms with Crippen LogP contribution < -0.4 is 5.43 Å². The van der Waals surface area contributed by atoms with Crippen LogP contribution in [0.3, 0.4) is 0 Å². The Hall–Kier alpha value is -1.41. The Kier molecular flexibility index (Phi) is 3.88. The second-order valence-electron chi connectivity index (χ2n) is 5.27. The van der Waals surface area contributed by atoms with Crippen molar-refractivity contribution in [3.05, 3.63) is 78.0 Å². The van der Waals surface area contributed by atoms with E-state index in [-0.39, 0.29) is 5.43 Å². The minimum atomic E-state index is -0.0406. The third kappa shape index (κ3) is 2.67. The molecule has 0 spiro atoms. The summed E-state index contributed by atoms with van der Waals surface area (Å²) in [6, 6.07) is 19.3. The maximum absolute atomic E-state index is 12.1. The molecule has 2 aromatic carbocycles. The second kappa shape index (κ2) is 5.90. The van der Waals surface area contributed by atoms with Crippen molar-refractivity contribution in [3.63, 3.8) is 0 Å². The molecule has 1 aliphatic carbocycles. The van der Waals surface area contributed by atoms with Crippen LogP contribution in [0.5, 0.6) is 0 Å². The monoisotopic (exact) mass is 524 g/mol. The van der Waals surface area contributed by atoms with Gasteiger partial charge in [0, 0.05) is 24.2 Å². The van der Waals surface area contributed by atoms with E-state index < -0.39 is 0 Å². The van der Waals surface area contributed by atoms with Gasteiger partial charge < -0.3 is 4.42 Å². The Morgan fingerprint density at radius 3 is 2.48 bits per heavy atom. The molecule has 0 bridgehead atoms. The lowest BCUT2D eigenvalue weighted by molar-refractivity contribution is 0.619. The maximum Gasteiger partial charge on any atom is 0.183 e. The summed E-state index contributed by atoms with van der Waals surface area (Å²) >= 11 is 4.65. The zero-order chi connectivity index (χ0) is 16.0. The first-order valence-corrected chi connectivity index (χ1v) is 9.20. The molecular formula is C19H10I2O2. The fraction of sp³-hybridized carbons (Fsp3) is 0. The van der Waals surface area contributed by atoms with E-state index in [4.69, 9.17) is 4.42 Å². The first kappa shape index (κ1) is 15.1. The standard InChI is InChI=1S/C19H10I2O2/c20-16-6-3-5-13(19(16)21)14-9-12(22)10-18-15(14)8-11-4-1-2-7-17(11)23-18/h1-10H. The fourth-order valence-electron chi connectivity index (χ4n) is 2.74. The first-order valence-electron chi connectivity index (χ1n) is 7.04. The van der Waals surface area contributed by atoms with Crippen LogP contribution in [0, 0.1) is 7.14 Å². The van der Waals surface area contributed by atoms with Crippen LogP contribution in [-0.2, 0) is 0 Å². The van der Waals surface area contributed by atoms with Gasteiger partial charge in [-0.1, -0.05) is 30.3 Å². The van der Waals surface area contributed by atoms with Crippen LogP contribution in [0.1, 0.15) is 0 Å². The van der Waals surface area contributed by atoms with Crippen molar-refractivity contribution in [1.29, 1.82) is 0 Å². The molecule has 0 aromatic heterocycles. The van der Waals surface area contributed by atoms with Crippen molar-refractivity contribution in [3.8, 4) is 22.5 Å². The Morgan fingerprint density at radius 2 is 1.61 bits per heavy atom. The number of benzene rings is 3. The number of rotatable bonds is 1. The minimum absolute atomic E-state index is 0.0406. The summed E-state index contributed by atoms with van der Waals surface area (Å²) in [4.78, 5) is 12.1. The number of hydrogen-bond donors (Lipinski definition) is 0. The van der Waals surface area contributed by atoms with Crippen LogP contribution in [0.25, 0.3) is 33.4 Å². The predicted octanol–water partition coefficient (Wildman–Crippen LogP) is 5.77. The van der Waals surface area contributed by atoms with E-state index in [0.29, 0.717) is 5.76 Å². The van der Waals surface area contributed by atoms with Gasteiger partial charge in [0.05, 0.1) is 0 Å². The van der Waals surface area contributed by atoms with Gasteiger partial charge >= 0.3 is 0 Å². The molecule has 0 atom stereocenters. The van der Waals surface area contributed by atoms with Gasteiger partial charge in [0.25, 0.3) is 0 Å². The smallest absolute Gasteiger partial charge is 0.183 e. The predicted molar refractivity (Wildman–Crippen MR) is 110 cm³/mol. The average molecular weight is 524 g/mol. The van der Waals surface area contributed by atoms with Crippen molar-refractivity contribution < 1.29 is 4.42 Å². The van der Waals surface area contributed by atoms with Gasteiger partial charge in [0.2, 0.25) is 0 Å². The Balaban J connectivity index is 2.12. The molecule has 2 aliphatic rings. The molecule has 0 amide bonds. The largest absolute Gasteiger partial charge is 0.456 e. The van der Waals surface area contributed by atoms with Gasteiger partial charge in [-0.2, -0.15) is 0 Å². The molecular weight excluding hydrogens is 514 g/mol. The molecule has 0 N–H and O–H groups in total. The topological polar surface area (TPSA) is 30.2 Å². The highest BCUT2D eigenvalue weighted by Gasteiger charge is 2.17. The highest BCUT2D eigenvalue weighted by Crippen LogP contribution is 2.38. The van der Waals surface area contributed by atoms with Gasteiger partial charge in [-0.3, -0.25) is 4.79 Å². The Labute approximate surface area is 160 Å². The molecule has 2 nitrogen and oxygen atoms in total. The minimum Gasteiger partial charge on any atom is -0.456 e. The zero-order valence-corrected chi connectivity index (χ0v) is 16.2. The molecule has 0 unspecified atom stereocenters. The van der Waals surface area contributed by atoms with Crippen molar-refractivity contribution in [2.75, 3.05) is 0 Å². The van der Waals surface area contributed by atoms with Crippen molar-refractivity contribution >= 4 is 56.2 Å². The summed E-state index contributed by atoms with van der Waals surface area (Å²) < 4.78 is 8.27. The number of halogens is 2. The molecule has 0 fully saturated rings. The van der Waals surface area contributed by atoms with Crippen LogP contribution in [-0.4, -0.2) is 0 Å². The second-order valence-corrected chi connectivity index (χ2v) is 7.51. The van der Waals surface area contributed by atoms with Crippen LogP contribution in [0.4, 0.5) is 0 Å². The number of hydrogen-bond acceptors (Lipinski definition) is 2. The normalized spacial score (nSPS) is 11.2. The first-order chi connectivity index (χ1) is 11.1. The van der Waals surface area contributed by atoms with E-state index in [0.717, 1.165) is 31.2 Å². The van der Waals surface area contributed by atoms with Gasteiger partial charge in [-0.15, -0.1) is 0 Å². The molecule has 4 rings (SSSR count). The van der Waals surface area contributed by atoms with Crippen LogP contribution in [0.2, 0.25) is 0 Å². The number of para-hydroxylation sites is 1. The van der Waals surface area contributed by atoms with E-state index in [1.807, 2.05) is 36.4 Å². The van der Waals surface area contributed by atoms with E-state index in [1.54, 1.807) is 12.1 Å².